The van der Waals surface area contributed by atoms with Crippen molar-refractivity contribution in [2.45, 2.75) is 13.0 Å². The van der Waals surface area contributed by atoms with Crippen LogP contribution >= 0.6 is 0 Å². The Bertz CT molecular complexity index is 1030. The van der Waals surface area contributed by atoms with Gasteiger partial charge in [0.25, 0.3) is 5.56 Å². The number of fused-ring (bicyclic) bond motifs is 1. The number of para-hydroxylation sites is 1. The van der Waals surface area contributed by atoms with Crippen LogP contribution in [0.4, 0.5) is 0 Å². The first-order valence-electron chi connectivity index (χ1n) is 9.33. The van der Waals surface area contributed by atoms with Crippen molar-refractivity contribution in [3.8, 4) is 17.0 Å². The summed E-state index contributed by atoms with van der Waals surface area (Å²) in [4.78, 5) is 24.6. The molecular formula is C22H21N3O3. The fourth-order valence-electron chi connectivity index (χ4n) is 3.30. The zero-order valence-electron chi connectivity index (χ0n) is 15.4. The predicted octanol–water partition coefficient (Wildman–Crippen LogP) is 2.28. The lowest BCUT2D eigenvalue weighted by atomic mass is 9.96. The molecule has 2 aromatic carbocycles. The van der Waals surface area contributed by atoms with Crippen molar-refractivity contribution in [3.05, 3.63) is 82.6 Å². The lowest BCUT2D eigenvalue weighted by Gasteiger charge is -2.24. The maximum atomic E-state index is 12.5. The number of carbonyl (C=O) groups is 1. The van der Waals surface area contributed by atoms with E-state index in [1.807, 2.05) is 54.6 Å². The molecule has 0 aliphatic carbocycles. The topological polar surface area (TPSA) is 73.2 Å². The van der Waals surface area contributed by atoms with Crippen molar-refractivity contribution in [1.82, 2.24) is 15.1 Å². The van der Waals surface area contributed by atoms with Crippen molar-refractivity contribution in [2.75, 3.05) is 13.2 Å². The van der Waals surface area contributed by atoms with Crippen molar-refractivity contribution in [3.63, 3.8) is 0 Å². The number of hydrogen-bond acceptors (Lipinski definition) is 4. The van der Waals surface area contributed by atoms with Gasteiger partial charge < -0.3 is 10.1 Å². The average Bonchev–Trinajstić information content (AvgIpc) is 2.75. The zero-order valence-corrected chi connectivity index (χ0v) is 15.4. The van der Waals surface area contributed by atoms with E-state index in [1.165, 1.54) is 10.7 Å². The third-order valence-electron chi connectivity index (χ3n) is 4.81. The maximum Gasteiger partial charge on any atom is 0.266 e. The summed E-state index contributed by atoms with van der Waals surface area (Å²) in [5, 5.41) is 7.31. The SMILES string of the molecule is O=C(NCCn1nc(-c2ccccc2)ccc1=O)C1COc2ccccc2C1. The van der Waals surface area contributed by atoms with Crippen LogP contribution in [0.3, 0.4) is 0 Å². The molecule has 4 rings (SSSR count). The van der Waals surface area contributed by atoms with Crippen molar-refractivity contribution >= 4 is 5.91 Å². The molecular weight excluding hydrogens is 354 g/mol. The van der Waals surface area contributed by atoms with Gasteiger partial charge in [-0.15, -0.1) is 0 Å². The van der Waals surface area contributed by atoms with Crippen LogP contribution in [-0.4, -0.2) is 28.8 Å². The van der Waals surface area contributed by atoms with Gasteiger partial charge in [-0.2, -0.15) is 5.10 Å². The molecule has 0 radical (unpaired) electrons. The fourth-order valence-corrected chi connectivity index (χ4v) is 3.30. The second-order valence-corrected chi connectivity index (χ2v) is 6.76. The number of ether oxygens (including phenoxy) is 1. The molecule has 1 unspecified atom stereocenters. The average molecular weight is 375 g/mol. The van der Waals surface area contributed by atoms with Crippen LogP contribution < -0.4 is 15.6 Å². The monoisotopic (exact) mass is 375 g/mol. The van der Waals surface area contributed by atoms with Gasteiger partial charge in [0.15, 0.2) is 0 Å². The van der Waals surface area contributed by atoms with Crippen molar-refractivity contribution in [1.29, 1.82) is 0 Å². The molecule has 0 bridgehead atoms. The van der Waals surface area contributed by atoms with Gasteiger partial charge in [0.05, 0.1) is 18.2 Å². The van der Waals surface area contributed by atoms with E-state index in [4.69, 9.17) is 4.74 Å². The summed E-state index contributed by atoms with van der Waals surface area (Å²) in [6, 6.07) is 20.7. The molecule has 1 N–H and O–H groups in total. The normalized spacial score (nSPS) is 15.4. The second-order valence-electron chi connectivity index (χ2n) is 6.76. The van der Waals surface area contributed by atoms with E-state index in [0.717, 1.165) is 22.6 Å². The van der Waals surface area contributed by atoms with Gasteiger partial charge >= 0.3 is 0 Å². The molecule has 6 heteroatoms. The highest BCUT2D eigenvalue weighted by Gasteiger charge is 2.25. The molecule has 0 saturated carbocycles. The molecule has 0 saturated heterocycles. The Hall–Kier alpha value is -3.41. The van der Waals surface area contributed by atoms with Crippen LogP contribution in [-0.2, 0) is 17.8 Å². The van der Waals surface area contributed by atoms with Crippen LogP contribution in [0, 0.1) is 5.92 Å². The fraction of sp³-hybridized carbons (Fsp3) is 0.227. The molecule has 28 heavy (non-hydrogen) atoms. The molecule has 1 aromatic heterocycles. The van der Waals surface area contributed by atoms with Crippen molar-refractivity contribution in [2.24, 2.45) is 5.92 Å². The van der Waals surface area contributed by atoms with Crippen LogP contribution in [0.1, 0.15) is 5.56 Å². The summed E-state index contributed by atoms with van der Waals surface area (Å²) in [7, 11) is 0. The number of nitrogens with zero attached hydrogens (tertiary/aromatic N) is 2. The van der Waals surface area contributed by atoms with E-state index in [0.29, 0.717) is 26.1 Å². The van der Waals surface area contributed by atoms with E-state index in [9.17, 15) is 9.59 Å². The first kappa shape index (κ1) is 18.0. The molecule has 1 aliphatic heterocycles. The summed E-state index contributed by atoms with van der Waals surface area (Å²) in [5.74, 6) is 0.553. The van der Waals surface area contributed by atoms with Gasteiger partial charge in [0, 0.05) is 18.2 Å². The van der Waals surface area contributed by atoms with Gasteiger partial charge in [-0.25, -0.2) is 4.68 Å². The lowest BCUT2D eigenvalue weighted by Crippen LogP contribution is -2.39. The molecule has 1 amide bonds. The highest BCUT2D eigenvalue weighted by molar-refractivity contribution is 5.79. The van der Waals surface area contributed by atoms with Gasteiger partial charge in [-0.3, -0.25) is 9.59 Å². The third-order valence-corrected chi connectivity index (χ3v) is 4.81. The Morgan fingerprint density at radius 3 is 2.71 bits per heavy atom. The zero-order chi connectivity index (χ0) is 19.3. The number of amides is 1. The van der Waals surface area contributed by atoms with Gasteiger partial charge in [0.1, 0.15) is 12.4 Å². The summed E-state index contributed by atoms with van der Waals surface area (Å²) >= 11 is 0. The quantitative estimate of drug-likeness (QED) is 0.743. The van der Waals surface area contributed by atoms with E-state index in [1.54, 1.807) is 6.07 Å². The molecule has 142 valence electrons. The van der Waals surface area contributed by atoms with E-state index in [-0.39, 0.29) is 17.4 Å². The number of hydrogen-bond donors (Lipinski definition) is 1. The minimum atomic E-state index is -0.227. The largest absolute Gasteiger partial charge is 0.492 e. The van der Waals surface area contributed by atoms with Crippen LogP contribution in [0.2, 0.25) is 0 Å². The second kappa shape index (κ2) is 8.08. The van der Waals surface area contributed by atoms with Crippen LogP contribution in [0.25, 0.3) is 11.3 Å². The number of aromatic nitrogens is 2. The van der Waals surface area contributed by atoms with Crippen molar-refractivity contribution < 1.29 is 9.53 Å². The molecule has 1 atom stereocenters. The van der Waals surface area contributed by atoms with Gasteiger partial charge in [0.2, 0.25) is 5.91 Å². The summed E-state index contributed by atoms with van der Waals surface area (Å²) in [6.45, 7) is 1.02. The first-order valence-corrected chi connectivity index (χ1v) is 9.33. The summed E-state index contributed by atoms with van der Waals surface area (Å²) in [6.07, 6.45) is 0.656. The van der Waals surface area contributed by atoms with E-state index < -0.39 is 0 Å². The van der Waals surface area contributed by atoms with Gasteiger partial charge in [-0.05, 0) is 24.1 Å². The molecule has 3 aromatic rings. The van der Waals surface area contributed by atoms with E-state index >= 15 is 0 Å². The number of benzene rings is 2. The number of nitrogens with one attached hydrogen (secondary N) is 1. The lowest BCUT2D eigenvalue weighted by molar-refractivity contribution is -0.126. The Balaban J connectivity index is 1.36. The Kier molecular flexibility index (Phi) is 5.19. The minimum absolute atomic E-state index is 0.0678. The minimum Gasteiger partial charge on any atom is -0.492 e. The molecule has 0 fully saturated rings. The number of rotatable bonds is 5. The highest BCUT2D eigenvalue weighted by atomic mass is 16.5. The highest BCUT2D eigenvalue weighted by Crippen LogP contribution is 2.26. The molecule has 6 nitrogen and oxygen atoms in total. The van der Waals surface area contributed by atoms with Crippen LogP contribution in [0.5, 0.6) is 5.75 Å². The predicted molar refractivity (Wildman–Crippen MR) is 106 cm³/mol. The Morgan fingerprint density at radius 1 is 1.07 bits per heavy atom. The maximum absolute atomic E-state index is 12.5. The smallest absolute Gasteiger partial charge is 0.266 e. The first-order chi connectivity index (χ1) is 13.7. The molecule has 1 aliphatic rings. The Labute approximate surface area is 162 Å². The number of carbonyl (C=O) groups excluding carboxylic acids is 1. The molecule has 0 spiro atoms. The molecule has 2 heterocycles. The standard InChI is InChI=1S/C22H21N3O3/c26-21-11-10-19(16-6-2-1-3-7-16)24-25(21)13-12-23-22(27)18-14-17-8-4-5-9-20(17)28-15-18/h1-11,18H,12-15H2,(H,23,27). The summed E-state index contributed by atoms with van der Waals surface area (Å²) in [5.41, 5.74) is 2.52. The van der Waals surface area contributed by atoms with Crippen LogP contribution in [0.15, 0.2) is 71.5 Å². The summed E-state index contributed by atoms with van der Waals surface area (Å²) < 4.78 is 7.06. The Morgan fingerprint density at radius 2 is 1.86 bits per heavy atom. The van der Waals surface area contributed by atoms with E-state index in [2.05, 4.69) is 10.4 Å². The van der Waals surface area contributed by atoms with Gasteiger partial charge in [-0.1, -0.05) is 48.5 Å². The third kappa shape index (κ3) is 3.96.